The first-order valence-electron chi connectivity index (χ1n) is 7.49. The highest BCUT2D eigenvalue weighted by Crippen LogP contribution is 2.21. The zero-order chi connectivity index (χ0) is 13.7. The second-order valence-corrected chi connectivity index (χ2v) is 6.67. The summed E-state index contributed by atoms with van der Waals surface area (Å²) in [7, 11) is 0. The van der Waals surface area contributed by atoms with Crippen LogP contribution < -0.4 is 5.73 Å². The van der Waals surface area contributed by atoms with E-state index in [4.69, 9.17) is 5.73 Å². The molecule has 110 valence electrons. The molecule has 2 N–H and O–H groups in total. The largest absolute Gasteiger partial charge is 0.341 e. The average Bonchev–Trinajstić information content (AvgIpc) is 2.98. The Morgan fingerprint density at radius 1 is 1.26 bits per heavy atom. The lowest BCUT2D eigenvalue weighted by Gasteiger charge is -2.37. The molecule has 2 fully saturated rings. The Bertz CT molecular complexity index is 286. The summed E-state index contributed by atoms with van der Waals surface area (Å²) in [6, 6.07) is 0.407. The minimum atomic E-state index is -0.296. The van der Waals surface area contributed by atoms with Crippen molar-refractivity contribution in [3.05, 3.63) is 0 Å². The van der Waals surface area contributed by atoms with E-state index < -0.39 is 0 Å². The third kappa shape index (κ3) is 4.10. The minimum absolute atomic E-state index is 0.161. The van der Waals surface area contributed by atoms with E-state index in [1.165, 1.54) is 25.9 Å². The second-order valence-electron chi connectivity index (χ2n) is 5.69. The van der Waals surface area contributed by atoms with Crippen LogP contribution >= 0.6 is 11.8 Å². The van der Waals surface area contributed by atoms with E-state index in [-0.39, 0.29) is 11.9 Å². The van der Waals surface area contributed by atoms with Gasteiger partial charge in [-0.1, -0.05) is 0 Å². The SMILES string of the molecule is CSCC[C@@H](N)C(=O)N1CCC(N2CCCC2)CC1. The molecule has 4 nitrogen and oxygen atoms in total. The van der Waals surface area contributed by atoms with Gasteiger partial charge in [0.15, 0.2) is 0 Å². The van der Waals surface area contributed by atoms with Crippen molar-refractivity contribution in [3.8, 4) is 0 Å². The monoisotopic (exact) mass is 285 g/mol. The van der Waals surface area contributed by atoms with Crippen molar-refractivity contribution in [2.75, 3.05) is 38.2 Å². The summed E-state index contributed by atoms with van der Waals surface area (Å²) in [5, 5.41) is 0. The molecule has 5 heteroatoms. The summed E-state index contributed by atoms with van der Waals surface area (Å²) in [5.41, 5.74) is 5.98. The van der Waals surface area contributed by atoms with E-state index >= 15 is 0 Å². The fourth-order valence-electron chi connectivity index (χ4n) is 3.16. The fourth-order valence-corrected chi connectivity index (χ4v) is 3.65. The summed E-state index contributed by atoms with van der Waals surface area (Å²) in [6.45, 7) is 4.30. The van der Waals surface area contributed by atoms with Gasteiger partial charge in [0.05, 0.1) is 6.04 Å². The highest BCUT2D eigenvalue weighted by molar-refractivity contribution is 7.98. The molecule has 2 saturated heterocycles. The highest BCUT2D eigenvalue weighted by atomic mass is 32.2. The molecule has 19 heavy (non-hydrogen) atoms. The number of hydrogen-bond acceptors (Lipinski definition) is 4. The van der Waals surface area contributed by atoms with Gasteiger partial charge >= 0.3 is 0 Å². The van der Waals surface area contributed by atoms with Crippen molar-refractivity contribution < 1.29 is 4.79 Å². The van der Waals surface area contributed by atoms with Crippen LogP contribution in [-0.2, 0) is 4.79 Å². The number of nitrogens with two attached hydrogens (primary N) is 1. The summed E-state index contributed by atoms with van der Waals surface area (Å²) >= 11 is 1.75. The van der Waals surface area contributed by atoms with Crippen LogP contribution in [0, 0.1) is 0 Å². The predicted molar refractivity (Wildman–Crippen MR) is 81.4 cm³/mol. The van der Waals surface area contributed by atoms with Crippen LogP contribution in [0.4, 0.5) is 0 Å². The Morgan fingerprint density at radius 2 is 1.89 bits per heavy atom. The molecule has 1 atom stereocenters. The molecule has 0 aromatic heterocycles. The Labute approximate surface area is 121 Å². The van der Waals surface area contributed by atoms with Crippen LogP contribution in [0.2, 0.25) is 0 Å². The smallest absolute Gasteiger partial charge is 0.239 e. The number of carbonyl (C=O) groups excluding carboxylic acids is 1. The van der Waals surface area contributed by atoms with Crippen molar-refractivity contribution in [1.29, 1.82) is 0 Å². The Hall–Kier alpha value is -0.260. The number of rotatable bonds is 5. The van der Waals surface area contributed by atoms with E-state index in [9.17, 15) is 4.79 Å². The number of nitrogens with zero attached hydrogens (tertiary/aromatic N) is 2. The number of piperidine rings is 1. The molecule has 0 aliphatic carbocycles. The highest BCUT2D eigenvalue weighted by Gasteiger charge is 2.29. The molecule has 0 aromatic rings. The molecule has 2 rings (SSSR count). The van der Waals surface area contributed by atoms with Gasteiger partial charge in [-0.2, -0.15) is 11.8 Å². The van der Waals surface area contributed by atoms with Crippen molar-refractivity contribution >= 4 is 17.7 Å². The van der Waals surface area contributed by atoms with Crippen molar-refractivity contribution in [2.45, 2.75) is 44.2 Å². The van der Waals surface area contributed by atoms with Gasteiger partial charge in [0.2, 0.25) is 5.91 Å². The maximum Gasteiger partial charge on any atom is 0.239 e. The van der Waals surface area contributed by atoms with Gasteiger partial charge in [-0.15, -0.1) is 0 Å². The Morgan fingerprint density at radius 3 is 2.47 bits per heavy atom. The number of carbonyl (C=O) groups is 1. The number of thioether (sulfide) groups is 1. The van der Waals surface area contributed by atoms with E-state index in [0.29, 0.717) is 6.04 Å². The lowest BCUT2D eigenvalue weighted by atomic mass is 10.0. The van der Waals surface area contributed by atoms with Crippen molar-refractivity contribution in [2.24, 2.45) is 5.73 Å². The first kappa shape index (κ1) is 15.1. The third-order valence-corrected chi connectivity index (χ3v) is 5.03. The lowest BCUT2D eigenvalue weighted by molar-refractivity contribution is -0.134. The molecule has 0 aromatic carbocycles. The van der Waals surface area contributed by atoms with Gasteiger partial charge in [-0.05, 0) is 57.2 Å². The first-order chi connectivity index (χ1) is 9.22. The molecular weight excluding hydrogens is 258 g/mol. The molecule has 1 amide bonds. The number of amides is 1. The van der Waals surface area contributed by atoms with Gasteiger partial charge in [0, 0.05) is 19.1 Å². The van der Waals surface area contributed by atoms with Crippen molar-refractivity contribution in [3.63, 3.8) is 0 Å². The first-order valence-corrected chi connectivity index (χ1v) is 8.89. The molecule has 0 saturated carbocycles. The maximum atomic E-state index is 12.2. The summed E-state index contributed by atoms with van der Waals surface area (Å²) in [5.74, 6) is 1.13. The quantitative estimate of drug-likeness (QED) is 0.823. The van der Waals surface area contributed by atoms with Crippen LogP contribution in [-0.4, -0.2) is 66.0 Å². The topological polar surface area (TPSA) is 49.6 Å². The van der Waals surface area contributed by atoms with Gasteiger partial charge in [0.25, 0.3) is 0 Å². The van der Waals surface area contributed by atoms with Gasteiger partial charge < -0.3 is 15.5 Å². The fraction of sp³-hybridized carbons (Fsp3) is 0.929. The summed E-state index contributed by atoms with van der Waals surface area (Å²) in [4.78, 5) is 16.8. The van der Waals surface area contributed by atoms with Crippen LogP contribution in [0.25, 0.3) is 0 Å². The molecule has 2 aliphatic heterocycles. The molecule has 0 radical (unpaired) electrons. The second kappa shape index (κ2) is 7.50. The summed E-state index contributed by atoms with van der Waals surface area (Å²) < 4.78 is 0. The van der Waals surface area contributed by atoms with Gasteiger partial charge in [-0.25, -0.2) is 0 Å². The predicted octanol–water partition coefficient (Wildman–Crippen LogP) is 1.15. The third-order valence-electron chi connectivity index (χ3n) is 4.38. The van der Waals surface area contributed by atoms with Crippen LogP contribution in [0.3, 0.4) is 0 Å². The maximum absolute atomic E-state index is 12.2. The van der Waals surface area contributed by atoms with E-state index in [1.54, 1.807) is 11.8 Å². The average molecular weight is 285 g/mol. The van der Waals surface area contributed by atoms with E-state index in [0.717, 1.165) is 38.1 Å². The number of hydrogen-bond donors (Lipinski definition) is 1. The summed E-state index contributed by atoms with van der Waals surface area (Å²) in [6.07, 6.45) is 7.80. The molecule has 2 aliphatic rings. The Balaban J connectivity index is 1.74. The van der Waals surface area contributed by atoms with E-state index in [1.807, 2.05) is 4.90 Å². The Kier molecular flexibility index (Phi) is 5.98. The normalized spacial score (nSPS) is 23.8. The van der Waals surface area contributed by atoms with Crippen LogP contribution in [0.1, 0.15) is 32.1 Å². The van der Waals surface area contributed by atoms with Gasteiger partial charge in [-0.3, -0.25) is 4.79 Å². The molecule has 2 heterocycles. The standard InChI is InChI=1S/C14H27N3OS/c1-19-11-6-13(15)14(18)17-9-4-12(5-10-17)16-7-2-3-8-16/h12-13H,2-11,15H2,1H3/t13-/m1/s1. The molecule has 0 spiro atoms. The lowest BCUT2D eigenvalue weighted by Crippen LogP contribution is -2.50. The minimum Gasteiger partial charge on any atom is -0.341 e. The van der Waals surface area contributed by atoms with Gasteiger partial charge in [0.1, 0.15) is 0 Å². The number of likely N-dealkylation sites (tertiary alicyclic amines) is 2. The molecular formula is C14H27N3OS. The zero-order valence-electron chi connectivity index (χ0n) is 12.0. The van der Waals surface area contributed by atoms with E-state index in [2.05, 4.69) is 11.2 Å². The molecule has 0 bridgehead atoms. The van der Waals surface area contributed by atoms with Crippen molar-refractivity contribution in [1.82, 2.24) is 9.80 Å². The van der Waals surface area contributed by atoms with Crippen LogP contribution in [0.15, 0.2) is 0 Å². The van der Waals surface area contributed by atoms with Crippen LogP contribution in [0.5, 0.6) is 0 Å². The zero-order valence-corrected chi connectivity index (χ0v) is 12.8. The molecule has 0 unspecified atom stereocenters.